The minimum Gasteiger partial charge on any atom is -0.324 e. The van der Waals surface area contributed by atoms with Gasteiger partial charge < -0.3 is 5.32 Å². The summed E-state index contributed by atoms with van der Waals surface area (Å²) in [6.45, 7) is 0. The lowest BCUT2D eigenvalue weighted by atomic mass is 10.2. The van der Waals surface area contributed by atoms with E-state index in [1.165, 1.54) is 0 Å². The third-order valence-electron chi connectivity index (χ3n) is 1.91. The van der Waals surface area contributed by atoms with Crippen LogP contribution in [0.15, 0.2) is 30.3 Å². The number of nitrogens with one attached hydrogen (secondary N) is 1. The summed E-state index contributed by atoms with van der Waals surface area (Å²) in [5.41, 5.74) is 1.91. The van der Waals surface area contributed by atoms with E-state index >= 15 is 0 Å². The zero-order chi connectivity index (χ0) is 9.26. The standard InChI is InChI=1S/C10H8BrNO/c11-8-6-5-7-3-1-2-4-9(7)12-10(8)13/h1-6,8H,(H,12,13). The molecule has 1 unspecified atom stereocenters. The van der Waals surface area contributed by atoms with Gasteiger partial charge in [-0.15, -0.1) is 0 Å². The number of benzene rings is 1. The molecule has 0 bridgehead atoms. The van der Waals surface area contributed by atoms with Gasteiger partial charge in [0, 0.05) is 5.69 Å². The predicted molar refractivity (Wildman–Crippen MR) is 56.8 cm³/mol. The normalized spacial score (nSPS) is 20.4. The van der Waals surface area contributed by atoms with Gasteiger partial charge in [-0.05, 0) is 11.6 Å². The molecule has 1 aromatic rings. The highest BCUT2D eigenvalue weighted by Crippen LogP contribution is 2.21. The van der Waals surface area contributed by atoms with Gasteiger partial charge in [-0.3, -0.25) is 4.79 Å². The highest BCUT2D eigenvalue weighted by molar-refractivity contribution is 9.10. The van der Waals surface area contributed by atoms with Gasteiger partial charge in [-0.25, -0.2) is 0 Å². The molecule has 0 saturated carbocycles. The highest BCUT2D eigenvalue weighted by atomic mass is 79.9. The molecule has 2 nitrogen and oxygen atoms in total. The first-order valence-electron chi connectivity index (χ1n) is 3.99. The van der Waals surface area contributed by atoms with Crippen molar-refractivity contribution in [2.24, 2.45) is 0 Å². The summed E-state index contributed by atoms with van der Waals surface area (Å²) in [7, 11) is 0. The van der Waals surface area contributed by atoms with Gasteiger partial charge >= 0.3 is 0 Å². The van der Waals surface area contributed by atoms with Crippen LogP contribution in [0.2, 0.25) is 0 Å². The molecule has 1 aliphatic rings. The first kappa shape index (κ1) is 8.51. The second-order valence-electron chi connectivity index (χ2n) is 2.84. The average molecular weight is 238 g/mol. The number of amides is 1. The van der Waals surface area contributed by atoms with Gasteiger partial charge in [0.25, 0.3) is 0 Å². The largest absolute Gasteiger partial charge is 0.324 e. The summed E-state index contributed by atoms with van der Waals surface area (Å²) in [4.78, 5) is 11.1. The second kappa shape index (κ2) is 3.34. The maximum atomic E-state index is 11.4. The Morgan fingerprint density at radius 3 is 2.92 bits per heavy atom. The molecular formula is C10H8BrNO. The lowest BCUT2D eigenvalue weighted by molar-refractivity contribution is -0.114. The van der Waals surface area contributed by atoms with E-state index in [0.717, 1.165) is 11.3 Å². The quantitative estimate of drug-likeness (QED) is 0.691. The van der Waals surface area contributed by atoms with Crippen LogP contribution in [-0.4, -0.2) is 10.7 Å². The Hall–Kier alpha value is -1.09. The van der Waals surface area contributed by atoms with Gasteiger partial charge in [-0.2, -0.15) is 0 Å². The first-order valence-corrected chi connectivity index (χ1v) is 4.91. The summed E-state index contributed by atoms with van der Waals surface area (Å²) < 4.78 is 0. The zero-order valence-electron chi connectivity index (χ0n) is 6.83. The molecule has 1 aromatic carbocycles. The molecule has 0 aliphatic carbocycles. The molecule has 66 valence electrons. The Morgan fingerprint density at radius 2 is 2.08 bits per heavy atom. The van der Waals surface area contributed by atoms with Gasteiger partial charge in [0.2, 0.25) is 5.91 Å². The SMILES string of the molecule is O=C1Nc2ccccc2C=CC1Br. The summed E-state index contributed by atoms with van der Waals surface area (Å²) in [5.74, 6) is -0.0267. The van der Waals surface area contributed by atoms with E-state index in [9.17, 15) is 4.79 Å². The smallest absolute Gasteiger partial charge is 0.242 e. The molecule has 1 N–H and O–H groups in total. The molecule has 1 atom stereocenters. The van der Waals surface area contributed by atoms with Crippen LogP contribution >= 0.6 is 15.9 Å². The van der Waals surface area contributed by atoms with Crippen LogP contribution in [0.1, 0.15) is 5.56 Å². The molecule has 0 spiro atoms. The van der Waals surface area contributed by atoms with E-state index in [1.807, 2.05) is 36.4 Å². The Labute approximate surface area is 84.8 Å². The Balaban J connectivity index is 2.46. The minimum absolute atomic E-state index is 0.0267. The summed E-state index contributed by atoms with van der Waals surface area (Å²) in [6, 6.07) is 7.71. The van der Waals surface area contributed by atoms with Crippen LogP contribution in [-0.2, 0) is 4.79 Å². The van der Waals surface area contributed by atoms with Crippen molar-refractivity contribution in [2.75, 3.05) is 5.32 Å². The minimum atomic E-state index is -0.236. The lowest BCUT2D eigenvalue weighted by Gasteiger charge is -2.05. The number of carbonyl (C=O) groups excluding carboxylic acids is 1. The fourth-order valence-corrected chi connectivity index (χ4v) is 1.50. The van der Waals surface area contributed by atoms with Gasteiger partial charge in [0.15, 0.2) is 0 Å². The van der Waals surface area contributed by atoms with Crippen LogP contribution in [0, 0.1) is 0 Å². The third-order valence-corrected chi connectivity index (χ3v) is 2.63. The summed E-state index contributed by atoms with van der Waals surface area (Å²) >= 11 is 3.26. The number of para-hydroxylation sites is 1. The maximum absolute atomic E-state index is 11.4. The second-order valence-corrected chi connectivity index (χ2v) is 3.82. The number of halogens is 1. The zero-order valence-corrected chi connectivity index (χ0v) is 8.41. The van der Waals surface area contributed by atoms with E-state index in [-0.39, 0.29) is 10.7 Å². The van der Waals surface area contributed by atoms with Crippen LogP contribution in [0.3, 0.4) is 0 Å². The van der Waals surface area contributed by atoms with Crippen LogP contribution in [0.4, 0.5) is 5.69 Å². The molecule has 0 radical (unpaired) electrons. The van der Waals surface area contributed by atoms with Crippen molar-refractivity contribution in [1.82, 2.24) is 0 Å². The van der Waals surface area contributed by atoms with Crippen molar-refractivity contribution in [3.63, 3.8) is 0 Å². The van der Waals surface area contributed by atoms with Crippen molar-refractivity contribution in [3.8, 4) is 0 Å². The Bertz CT molecular complexity index is 373. The number of hydrogen-bond donors (Lipinski definition) is 1. The molecule has 0 saturated heterocycles. The molecule has 0 fully saturated rings. The highest BCUT2D eigenvalue weighted by Gasteiger charge is 2.15. The molecule has 3 heteroatoms. The molecule has 13 heavy (non-hydrogen) atoms. The van der Waals surface area contributed by atoms with Crippen molar-refractivity contribution >= 4 is 33.6 Å². The van der Waals surface area contributed by atoms with E-state index in [4.69, 9.17) is 0 Å². The molecule has 1 amide bonds. The number of anilines is 1. The van der Waals surface area contributed by atoms with Crippen molar-refractivity contribution in [1.29, 1.82) is 0 Å². The van der Waals surface area contributed by atoms with E-state index in [2.05, 4.69) is 21.2 Å². The van der Waals surface area contributed by atoms with Crippen LogP contribution in [0.5, 0.6) is 0 Å². The molecule has 0 aromatic heterocycles. The van der Waals surface area contributed by atoms with Gasteiger partial charge in [0.05, 0.1) is 0 Å². The van der Waals surface area contributed by atoms with Gasteiger partial charge in [-0.1, -0.05) is 46.3 Å². The van der Waals surface area contributed by atoms with Crippen LogP contribution in [0.25, 0.3) is 6.08 Å². The van der Waals surface area contributed by atoms with E-state index in [1.54, 1.807) is 0 Å². The Morgan fingerprint density at radius 1 is 1.31 bits per heavy atom. The predicted octanol–water partition coefficient (Wildman–Crippen LogP) is 2.42. The summed E-state index contributed by atoms with van der Waals surface area (Å²) in [5, 5.41) is 2.82. The van der Waals surface area contributed by atoms with E-state index in [0.29, 0.717) is 0 Å². The number of fused-ring (bicyclic) bond motifs is 1. The monoisotopic (exact) mass is 237 g/mol. The number of hydrogen-bond acceptors (Lipinski definition) is 1. The molecule has 1 heterocycles. The number of carbonyl (C=O) groups is 1. The fraction of sp³-hybridized carbons (Fsp3) is 0.100. The molecule has 2 rings (SSSR count). The van der Waals surface area contributed by atoms with Gasteiger partial charge in [0.1, 0.15) is 4.83 Å². The lowest BCUT2D eigenvalue weighted by Crippen LogP contribution is -2.19. The Kier molecular flexibility index (Phi) is 2.19. The van der Waals surface area contributed by atoms with Crippen molar-refractivity contribution in [2.45, 2.75) is 4.83 Å². The van der Waals surface area contributed by atoms with E-state index < -0.39 is 0 Å². The average Bonchev–Trinajstić information content (AvgIpc) is 2.28. The maximum Gasteiger partial charge on any atom is 0.242 e. The topological polar surface area (TPSA) is 29.1 Å². The fourth-order valence-electron chi connectivity index (χ4n) is 1.23. The number of alkyl halides is 1. The molecule has 1 aliphatic heterocycles. The van der Waals surface area contributed by atoms with Crippen LogP contribution < -0.4 is 5.32 Å². The number of rotatable bonds is 0. The third kappa shape index (κ3) is 1.65. The van der Waals surface area contributed by atoms with Crippen molar-refractivity contribution in [3.05, 3.63) is 35.9 Å². The first-order chi connectivity index (χ1) is 6.27. The molecular weight excluding hydrogens is 230 g/mol. The van der Waals surface area contributed by atoms with Crippen molar-refractivity contribution < 1.29 is 4.79 Å². The summed E-state index contributed by atoms with van der Waals surface area (Å²) in [6.07, 6.45) is 3.77.